The van der Waals surface area contributed by atoms with Gasteiger partial charge in [0.05, 0.1) is 27.0 Å². The molecule has 0 unspecified atom stereocenters. The number of methoxy groups -OCH3 is 3. The van der Waals surface area contributed by atoms with Crippen LogP contribution in [0.2, 0.25) is 0 Å². The predicted molar refractivity (Wildman–Crippen MR) is 137 cm³/mol. The minimum absolute atomic E-state index is 0.154. The molecule has 0 spiro atoms. The van der Waals surface area contributed by atoms with E-state index in [4.69, 9.17) is 19.9 Å². The average Bonchev–Trinajstić information content (AvgIpc) is 2.86. The fourth-order valence-corrected chi connectivity index (χ4v) is 2.89. The molecule has 2 aromatic carbocycles. The number of carbonyl (C=O) groups is 2. The highest BCUT2D eigenvalue weighted by Crippen LogP contribution is 2.38. The van der Waals surface area contributed by atoms with Crippen LogP contribution in [0, 0.1) is 0 Å². The standard InChI is InChI=1S/C26H30N4O5/c1-16(18(3)24(31)29-20-10-8-7-9-11-20)12-13-17(2)28-26(27)30-25(32)19-14-21(33-4)23(35-6)22(15-19)34-5/h7-15H,2H2,1,3-6H3,(H,29,31)(H3,27,28,30,32)/b13-12-,18-16+. The second-order valence-electron chi connectivity index (χ2n) is 7.32. The summed E-state index contributed by atoms with van der Waals surface area (Å²) < 4.78 is 15.8. The van der Waals surface area contributed by atoms with E-state index in [-0.39, 0.29) is 23.1 Å². The van der Waals surface area contributed by atoms with Gasteiger partial charge in [-0.1, -0.05) is 30.9 Å². The molecular formula is C26H30N4O5. The van der Waals surface area contributed by atoms with Gasteiger partial charge in [-0.3, -0.25) is 14.9 Å². The molecule has 2 amide bonds. The van der Waals surface area contributed by atoms with E-state index in [9.17, 15) is 9.59 Å². The highest BCUT2D eigenvalue weighted by atomic mass is 16.5. The first-order valence-corrected chi connectivity index (χ1v) is 10.6. The zero-order valence-corrected chi connectivity index (χ0v) is 20.5. The summed E-state index contributed by atoms with van der Waals surface area (Å²) in [6.07, 6.45) is 3.28. The summed E-state index contributed by atoms with van der Waals surface area (Å²) in [5.74, 6) is 0.125. The lowest BCUT2D eigenvalue weighted by Gasteiger charge is -2.14. The molecular weight excluding hydrogens is 448 g/mol. The number of nitrogens with zero attached hydrogens (tertiary/aromatic N) is 1. The van der Waals surface area contributed by atoms with Crippen molar-refractivity contribution in [3.8, 4) is 17.2 Å². The number of aliphatic imine (C=N–C) groups is 1. The quantitative estimate of drug-likeness (QED) is 0.218. The van der Waals surface area contributed by atoms with E-state index in [0.29, 0.717) is 28.5 Å². The van der Waals surface area contributed by atoms with Crippen molar-refractivity contribution in [2.45, 2.75) is 13.8 Å². The number of nitrogens with two attached hydrogens (primary N) is 1. The third kappa shape index (κ3) is 7.50. The topological polar surface area (TPSA) is 124 Å². The minimum atomic E-state index is -0.521. The molecule has 0 atom stereocenters. The number of nitrogens with one attached hydrogen (secondary N) is 2. The first-order valence-electron chi connectivity index (χ1n) is 10.6. The van der Waals surface area contributed by atoms with E-state index in [2.05, 4.69) is 22.2 Å². The Kier molecular flexibility index (Phi) is 9.65. The average molecular weight is 479 g/mol. The highest BCUT2D eigenvalue weighted by Gasteiger charge is 2.17. The molecule has 0 saturated carbocycles. The van der Waals surface area contributed by atoms with Gasteiger partial charge in [0.25, 0.3) is 11.8 Å². The molecule has 2 rings (SSSR count). The van der Waals surface area contributed by atoms with Crippen LogP contribution in [0.15, 0.2) is 83.0 Å². The van der Waals surface area contributed by atoms with Gasteiger partial charge in [-0.25, -0.2) is 4.99 Å². The number of rotatable bonds is 9. The van der Waals surface area contributed by atoms with Crippen LogP contribution < -0.4 is 30.6 Å². The van der Waals surface area contributed by atoms with Gasteiger partial charge in [-0.2, -0.15) is 0 Å². The molecule has 9 nitrogen and oxygen atoms in total. The summed E-state index contributed by atoms with van der Waals surface area (Å²) in [6.45, 7) is 7.32. The number of hydrogen-bond acceptors (Lipinski definition) is 6. The molecule has 0 saturated heterocycles. The molecule has 0 aromatic heterocycles. The van der Waals surface area contributed by atoms with Crippen molar-refractivity contribution in [3.63, 3.8) is 0 Å². The Hall–Kier alpha value is -4.53. The number of anilines is 1. The summed E-state index contributed by atoms with van der Waals surface area (Å²) >= 11 is 0. The molecule has 184 valence electrons. The van der Waals surface area contributed by atoms with Crippen molar-refractivity contribution in [3.05, 3.63) is 83.6 Å². The summed E-state index contributed by atoms with van der Waals surface area (Å²) in [5.41, 5.74) is 8.34. The van der Waals surface area contributed by atoms with Crippen LogP contribution >= 0.6 is 0 Å². The Morgan fingerprint density at radius 2 is 1.57 bits per heavy atom. The van der Waals surface area contributed by atoms with E-state index in [0.717, 1.165) is 5.57 Å². The Bertz CT molecular complexity index is 1160. The lowest BCUT2D eigenvalue weighted by Crippen LogP contribution is -2.36. The normalized spacial score (nSPS) is 12.0. The van der Waals surface area contributed by atoms with Crippen molar-refractivity contribution < 1.29 is 23.8 Å². The number of para-hydroxylation sites is 1. The van der Waals surface area contributed by atoms with Gasteiger partial charge >= 0.3 is 0 Å². The van der Waals surface area contributed by atoms with Gasteiger partial charge in [0.15, 0.2) is 11.5 Å². The van der Waals surface area contributed by atoms with E-state index < -0.39 is 5.91 Å². The van der Waals surface area contributed by atoms with Crippen molar-refractivity contribution in [1.29, 1.82) is 0 Å². The second kappa shape index (κ2) is 12.6. The Morgan fingerprint density at radius 3 is 2.11 bits per heavy atom. The molecule has 0 aliphatic heterocycles. The number of allylic oxidation sites excluding steroid dienone is 3. The van der Waals surface area contributed by atoms with Gasteiger partial charge in [-0.05, 0) is 49.8 Å². The molecule has 0 bridgehead atoms. The van der Waals surface area contributed by atoms with Gasteiger partial charge in [-0.15, -0.1) is 0 Å². The van der Waals surface area contributed by atoms with E-state index in [1.807, 2.05) is 30.3 Å². The van der Waals surface area contributed by atoms with Crippen LogP contribution in [-0.2, 0) is 4.79 Å². The third-order valence-electron chi connectivity index (χ3n) is 4.92. The molecule has 2 aromatic rings. The van der Waals surface area contributed by atoms with Crippen LogP contribution in [0.1, 0.15) is 24.2 Å². The number of ether oxygens (including phenoxy) is 3. The zero-order chi connectivity index (χ0) is 26.0. The van der Waals surface area contributed by atoms with Crippen molar-refractivity contribution in [2.75, 3.05) is 26.6 Å². The fraction of sp³-hybridized carbons (Fsp3) is 0.192. The summed E-state index contributed by atoms with van der Waals surface area (Å²) in [5, 5.41) is 5.32. The largest absolute Gasteiger partial charge is 0.493 e. The van der Waals surface area contributed by atoms with E-state index in [1.54, 1.807) is 26.0 Å². The Morgan fingerprint density at radius 1 is 0.971 bits per heavy atom. The number of benzene rings is 2. The smallest absolute Gasteiger partial charge is 0.258 e. The molecule has 0 aliphatic carbocycles. The predicted octanol–water partition coefficient (Wildman–Crippen LogP) is 3.80. The molecule has 4 N–H and O–H groups in total. The molecule has 0 fully saturated rings. The summed E-state index contributed by atoms with van der Waals surface area (Å²) in [4.78, 5) is 29.1. The van der Waals surface area contributed by atoms with Crippen LogP contribution in [0.3, 0.4) is 0 Å². The minimum Gasteiger partial charge on any atom is -0.493 e. The molecule has 9 heteroatoms. The Balaban J connectivity index is 2.07. The monoisotopic (exact) mass is 478 g/mol. The zero-order valence-electron chi connectivity index (χ0n) is 20.5. The maximum Gasteiger partial charge on any atom is 0.258 e. The first-order chi connectivity index (χ1) is 16.7. The van der Waals surface area contributed by atoms with Crippen molar-refractivity contribution in [2.24, 2.45) is 10.7 Å². The van der Waals surface area contributed by atoms with Gasteiger partial charge in [0.1, 0.15) is 0 Å². The van der Waals surface area contributed by atoms with Crippen LogP contribution in [0.4, 0.5) is 5.69 Å². The lowest BCUT2D eigenvalue weighted by molar-refractivity contribution is -0.112. The summed E-state index contributed by atoms with van der Waals surface area (Å²) in [6, 6.07) is 12.2. The second-order valence-corrected chi connectivity index (χ2v) is 7.32. The van der Waals surface area contributed by atoms with Crippen LogP contribution in [0.5, 0.6) is 17.2 Å². The van der Waals surface area contributed by atoms with Crippen LogP contribution in [0.25, 0.3) is 0 Å². The molecule has 35 heavy (non-hydrogen) atoms. The van der Waals surface area contributed by atoms with Gasteiger partial charge in [0, 0.05) is 16.8 Å². The van der Waals surface area contributed by atoms with E-state index in [1.165, 1.54) is 33.5 Å². The number of guanidine groups is 1. The molecule has 0 radical (unpaired) electrons. The number of carbonyl (C=O) groups excluding carboxylic acids is 2. The highest BCUT2D eigenvalue weighted by molar-refractivity contribution is 6.06. The van der Waals surface area contributed by atoms with E-state index >= 15 is 0 Å². The number of hydrogen-bond donors (Lipinski definition) is 3. The first kappa shape index (κ1) is 26.7. The molecule has 0 aliphatic rings. The van der Waals surface area contributed by atoms with Gasteiger partial charge < -0.3 is 25.3 Å². The van der Waals surface area contributed by atoms with Crippen molar-refractivity contribution >= 4 is 23.5 Å². The fourth-order valence-electron chi connectivity index (χ4n) is 2.89. The SMILES string of the molecule is C=C(/C=C\C(C)=C(/C)C(=O)Nc1ccccc1)N=C(N)NC(=O)c1cc(OC)c(OC)c(OC)c1. The Labute approximate surface area is 205 Å². The lowest BCUT2D eigenvalue weighted by atomic mass is 10.1. The summed E-state index contributed by atoms with van der Waals surface area (Å²) in [7, 11) is 4.38. The maximum atomic E-state index is 12.6. The maximum absolute atomic E-state index is 12.6. The van der Waals surface area contributed by atoms with Crippen LogP contribution in [-0.4, -0.2) is 39.1 Å². The third-order valence-corrected chi connectivity index (χ3v) is 4.92. The van der Waals surface area contributed by atoms with Gasteiger partial charge in [0.2, 0.25) is 11.7 Å². The van der Waals surface area contributed by atoms with Crippen molar-refractivity contribution in [1.82, 2.24) is 5.32 Å². The molecule has 0 heterocycles. The number of amides is 2.